The zero-order chi connectivity index (χ0) is 28.8. The zero-order valence-corrected chi connectivity index (χ0v) is 25.1. The lowest BCUT2D eigenvalue weighted by Crippen LogP contribution is -2.40. The zero-order valence-electron chi connectivity index (χ0n) is 25.1. The number of nitrogens with zero attached hydrogens (tertiary/aromatic N) is 3. The highest BCUT2D eigenvalue weighted by Gasteiger charge is 2.49. The molecule has 0 radical (unpaired) electrons. The van der Waals surface area contributed by atoms with Gasteiger partial charge >= 0.3 is 0 Å². The first kappa shape index (κ1) is 29.1. The lowest BCUT2D eigenvalue weighted by Gasteiger charge is -2.23. The van der Waals surface area contributed by atoms with E-state index in [-0.39, 0.29) is 5.91 Å². The van der Waals surface area contributed by atoms with Crippen LogP contribution in [0.4, 0.5) is 5.82 Å². The number of anilines is 1. The van der Waals surface area contributed by atoms with Gasteiger partial charge in [-0.25, -0.2) is 0 Å². The number of carbonyl (C=O) groups excluding carboxylic acids is 1. The molecule has 2 aromatic carbocycles. The molecule has 7 nitrogen and oxygen atoms in total. The highest BCUT2D eigenvalue weighted by Crippen LogP contribution is 2.40. The van der Waals surface area contributed by atoms with E-state index < -0.39 is 5.54 Å². The lowest BCUT2D eigenvalue weighted by molar-refractivity contribution is -0.131. The van der Waals surface area contributed by atoms with Gasteiger partial charge in [0.05, 0.1) is 13.2 Å². The largest absolute Gasteiger partial charge is 0.377 e. The Morgan fingerprint density at radius 1 is 1.02 bits per heavy atom. The Bertz CT molecular complexity index is 1390. The van der Waals surface area contributed by atoms with Crippen molar-refractivity contribution in [1.82, 2.24) is 10.1 Å². The van der Waals surface area contributed by atoms with Crippen LogP contribution in [0.5, 0.6) is 0 Å². The molecule has 218 valence electrons. The minimum Gasteiger partial charge on any atom is -0.377 e. The molecule has 1 aliphatic heterocycles. The molecule has 2 heterocycles. The quantitative estimate of drug-likeness (QED) is 0.237. The molecule has 7 heteroatoms. The third kappa shape index (κ3) is 6.25. The van der Waals surface area contributed by atoms with Crippen LogP contribution in [-0.2, 0) is 29.1 Å². The molecule has 1 amide bonds. The van der Waals surface area contributed by atoms with E-state index in [1.165, 1.54) is 16.7 Å². The Labute approximate surface area is 244 Å². The minimum atomic E-state index is -0.507. The highest BCUT2D eigenvalue weighted by atomic mass is 16.5. The van der Waals surface area contributed by atoms with E-state index in [1.807, 2.05) is 25.7 Å². The molecule has 0 bridgehead atoms. The van der Waals surface area contributed by atoms with Gasteiger partial charge in [0.2, 0.25) is 0 Å². The average molecular weight is 557 g/mol. The number of rotatable bonds is 13. The number of amidine groups is 1. The Hall–Kier alpha value is -3.45. The number of aromatic nitrogens is 1. The number of amides is 1. The number of hydrogen-bond acceptors (Lipinski definition) is 6. The van der Waals surface area contributed by atoms with E-state index in [1.54, 1.807) is 0 Å². The summed E-state index contributed by atoms with van der Waals surface area (Å²) in [5.74, 6) is 2.82. The number of carbonyl (C=O) groups is 1. The molecule has 5 rings (SSSR count). The van der Waals surface area contributed by atoms with Crippen LogP contribution < -0.4 is 5.32 Å². The maximum atomic E-state index is 13.7. The fourth-order valence-electron chi connectivity index (χ4n) is 6.12. The van der Waals surface area contributed by atoms with E-state index in [9.17, 15) is 4.79 Å². The fourth-order valence-corrected chi connectivity index (χ4v) is 6.12. The lowest BCUT2D eigenvalue weighted by atomic mass is 9.92. The topological polar surface area (TPSA) is 80.0 Å². The molecular weight excluding hydrogens is 512 g/mol. The summed E-state index contributed by atoms with van der Waals surface area (Å²) >= 11 is 0. The second-order valence-corrected chi connectivity index (χ2v) is 11.4. The van der Waals surface area contributed by atoms with Gasteiger partial charge in [-0.1, -0.05) is 73.8 Å². The maximum Gasteiger partial charge on any atom is 0.256 e. The van der Waals surface area contributed by atoms with Crippen LogP contribution >= 0.6 is 0 Å². The van der Waals surface area contributed by atoms with Gasteiger partial charge in [-0.05, 0) is 74.3 Å². The van der Waals surface area contributed by atoms with Crippen molar-refractivity contribution < 1.29 is 14.1 Å². The molecule has 2 aliphatic rings. The van der Waals surface area contributed by atoms with Crippen molar-refractivity contribution in [2.75, 3.05) is 18.5 Å². The number of aliphatic imine (C=N–C) groups is 1. The SMILES string of the molecule is CCCCC1=NC2(CCCC2)C(=O)N1Cc1ccc(-c2ccccc2CCNc2noc(C)c2C)c(COCC)c1. The first-order valence-corrected chi connectivity index (χ1v) is 15.3. The Morgan fingerprint density at radius 3 is 2.54 bits per heavy atom. The van der Waals surface area contributed by atoms with Gasteiger partial charge in [-0.3, -0.25) is 14.7 Å². The first-order chi connectivity index (χ1) is 20.0. The Morgan fingerprint density at radius 2 is 1.80 bits per heavy atom. The predicted octanol–water partition coefficient (Wildman–Crippen LogP) is 7.39. The second-order valence-electron chi connectivity index (χ2n) is 11.4. The van der Waals surface area contributed by atoms with E-state index >= 15 is 0 Å². The smallest absolute Gasteiger partial charge is 0.256 e. The van der Waals surface area contributed by atoms with Gasteiger partial charge in [0.1, 0.15) is 17.1 Å². The fraction of sp³-hybridized carbons (Fsp3) is 0.500. The van der Waals surface area contributed by atoms with Gasteiger partial charge in [0.25, 0.3) is 5.91 Å². The summed E-state index contributed by atoms with van der Waals surface area (Å²) in [6, 6.07) is 15.2. The summed E-state index contributed by atoms with van der Waals surface area (Å²) in [6.45, 7) is 10.6. The van der Waals surface area contributed by atoms with Crippen LogP contribution in [0.2, 0.25) is 0 Å². The molecule has 1 saturated carbocycles. The van der Waals surface area contributed by atoms with Crippen LogP contribution in [0, 0.1) is 13.8 Å². The molecule has 0 unspecified atom stereocenters. The van der Waals surface area contributed by atoms with E-state index in [2.05, 4.69) is 59.9 Å². The van der Waals surface area contributed by atoms with Gasteiger partial charge in [0, 0.05) is 25.1 Å². The molecule has 1 fully saturated rings. The summed E-state index contributed by atoms with van der Waals surface area (Å²) in [4.78, 5) is 20.7. The molecular formula is C34H44N4O3. The van der Waals surface area contributed by atoms with Crippen molar-refractivity contribution in [3.05, 3.63) is 70.5 Å². The third-order valence-electron chi connectivity index (χ3n) is 8.61. The number of aryl methyl sites for hydroxylation is 1. The monoisotopic (exact) mass is 556 g/mol. The Balaban J connectivity index is 1.38. The van der Waals surface area contributed by atoms with Gasteiger partial charge in [-0.2, -0.15) is 0 Å². The number of unbranched alkanes of at least 4 members (excludes halogenated alkanes) is 1. The van der Waals surface area contributed by atoms with Gasteiger partial charge < -0.3 is 14.6 Å². The normalized spacial score (nSPS) is 16.1. The van der Waals surface area contributed by atoms with E-state index in [0.29, 0.717) is 19.8 Å². The van der Waals surface area contributed by atoms with E-state index in [4.69, 9.17) is 14.3 Å². The molecule has 1 spiro atoms. The van der Waals surface area contributed by atoms with Crippen molar-refractivity contribution in [3.63, 3.8) is 0 Å². The molecule has 1 aliphatic carbocycles. The summed E-state index contributed by atoms with van der Waals surface area (Å²) in [6.07, 6.45) is 7.79. The Kier molecular flexibility index (Phi) is 9.23. The molecule has 0 atom stereocenters. The van der Waals surface area contributed by atoms with Crippen LogP contribution in [0.1, 0.15) is 86.8 Å². The van der Waals surface area contributed by atoms with Crippen molar-refractivity contribution in [2.45, 2.75) is 97.8 Å². The van der Waals surface area contributed by atoms with E-state index in [0.717, 1.165) is 92.0 Å². The molecule has 41 heavy (non-hydrogen) atoms. The molecule has 1 N–H and O–H groups in total. The van der Waals surface area contributed by atoms with Crippen molar-refractivity contribution >= 4 is 17.6 Å². The summed E-state index contributed by atoms with van der Waals surface area (Å²) in [5.41, 5.74) is 6.44. The standard InChI is InChI=1S/C34H44N4O3/c1-5-7-14-31-36-34(18-10-11-19-34)33(39)38(31)22-26-15-16-30(28(21-26)23-40-6-2)29-13-9-8-12-27(29)17-20-35-32-24(3)25(4)41-37-32/h8-9,12-13,15-16,21H,5-7,10-11,14,17-20,22-23H2,1-4H3,(H,35,37). The molecule has 1 aromatic heterocycles. The first-order valence-electron chi connectivity index (χ1n) is 15.3. The minimum absolute atomic E-state index is 0.201. The third-order valence-corrected chi connectivity index (χ3v) is 8.61. The van der Waals surface area contributed by atoms with Crippen molar-refractivity contribution in [1.29, 1.82) is 0 Å². The highest BCUT2D eigenvalue weighted by molar-refractivity contribution is 6.08. The summed E-state index contributed by atoms with van der Waals surface area (Å²) in [7, 11) is 0. The van der Waals surface area contributed by atoms with Crippen LogP contribution in [0.3, 0.4) is 0 Å². The summed E-state index contributed by atoms with van der Waals surface area (Å²) < 4.78 is 11.2. The van der Waals surface area contributed by atoms with Crippen molar-refractivity contribution in [3.8, 4) is 11.1 Å². The van der Waals surface area contributed by atoms with Gasteiger partial charge in [-0.15, -0.1) is 0 Å². The van der Waals surface area contributed by atoms with Crippen molar-refractivity contribution in [2.24, 2.45) is 4.99 Å². The van der Waals surface area contributed by atoms with Crippen LogP contribution in [-0.4, -0.2) is 40.5 Å². The number of ether oxygens (including phenoxy) is 1. The van der Waals surface area contributed by atoms with Crippen LogP contribution in [0.25, 0.3) is 11.1 Å². The molecule has 0 saturated heterocycles. The number of nitrogens with one attached hydrogen (secondary N) is 1. The van der Waals surface area contributed by atoms with Gasteiger partial charge in [0.15, 0.2) is 5.82 Å². The predicted molar refractivity (Wildman–Crippen MR) is 164 cm³/mol. The second kappa shape index (κ2) is 13.0. The molecule has 3 aromatic rings. The van der Waals surface area contributed by atoms with Crippen LogP contribution in [0.15, 0.2) is 52.0 Å². The average Bonchev–Trinajstić information content (AvgIpc) is 3.66. The number of hydrogen-bond donors (Lipinski definition) is 1. The maximum absolute atomic E-state index is 13.7. The summed E-state index contributed by atoms with van der Waals surface area (Å²) in [5, 5.41) is 7.56. The number of benzene rings is 2.